The van der Waals surface area contributed by atoms with Crippen LogP contribution in [0.1, 0.15) is 163 Å². The van der Waals surface area contributed by atoms with E-state index in [1.54, 1.807) is 0 Å². The van der Waals surface area contributed by atoms with Crippen LogP contribution in [0.5, 0.6) is 0 Å². The third kappa shape index (κ3) is 7.73. The summed E-state index contributed by atoms with van der Waals surface area (Å²) in [7, 11) is -2.24. The highest BCUT2D eigenvalue weighted by atomic mass is 31.1. The van der Waals surface area contributed by atoms with Crippen LogP contribution in [-0.4, -0.2) is 0 Å². The van der Waals surface area contributed by atoms with E-state index in [4.69, 9.17) is 9.05 Å². The molecule has 0 aliphatic heterocycles. The van der Waals surface area contributed by atoms with Gasteiger partial charge in [-0.1, -0.05) is 107 Å². The van der Waals surface area contributed by atoms with Gasteiger partial charge in [-0.3, -0.25) is 0 Å². The van der Waals surface area contributed by atoms with E-state index in [9.17, 15) is 4.57 Å². The van der Waals surface area contributed by atoms with Gasteiger partial charge in [0.05, 0.1) is 0 Å². The second-order valence-corrected chi connectivity index (χ2v) is 13.0. The summed E-state index contributed by atoms with van der Waals surface area (Å²) in [5, 5.41) is 0. The predicted octanol–water partition coefficient (Wildman–Crippen LogP) is 10.8. The molecule has 200 valence electrons. The van der Waals surface area contributed by atoms with Crippen molar-refractivity contribution < 1.29 is 13.6 Å². The maximum atomic E-state index is 13.0. The van der Waals surface area contributed by atoms with Gasteiger partial charge in [-0.2, -0.15) is 0 Å². The molecule has 0 saturated heterocycles. The molecule has 0 atom stereocenters. The Balaban J connectivity index is 2.29. The molecule has 0 radical (unpaired) electrons. The molecule has 0 amide bonds. The fraction of sp³-hybridized carbons (Fsp3) is 0.625. The highest BCUT2D eigenvalue weighted by molar-refractivity contribution is 7.33. The van der Waals surface area contributed by atoms with Gasteiger partial charge in [-0.05, 0) is 80.0 Å². The zero-order valence-electron chi connectivity index (χ0n) is 24.9. The van der Waals surface area contributed by atoms with Crippen LogP contribution in [0.15, 0.2) is 24.3 Å². The first-order chi connectivity index (χ1) is 16.7. The predicted molar refractivity (Wildman–Crippen MR) is 155 cm³/mol. The molecule has 36 heavy (non-hydrogen) atoms. The van der Waals surface area contributed by atoms with Crippen molar-refractivity contribution in [3.05, 3.63) is 68.8 Å². The van der Waals surface area contributed by atoms with E-state index < -0.39 is 8.25 Å². The normalized spacial score (nSPS) is 12.3. The van der Waals surface area contributed by atoms with Crippen molar-refractivity contribution in [2.24, 2.45) is 0 Å². The molecule has 0 aliphatic rings. The number of hydrogen-bond donors (Lipinski definition) is 0. The van der Waals surface area contributed by atoms with Gasteiger partial charge in [0.1, 0.15) is 13.2 Å². The van der Waals surface area contributed by atoms with Gasteiger partial charge in [-0.15, -0.1) is 9.05 Å². The Bertz CT molecular complexity index is 892. The van der Waals surface area contributed by atoms with E-state index in [0.717, 1.165) is 11.1 Å². The second-order valence-electron chi connectivity index (χ2n) is 12.1. The van der Waals surface area contributed by atoms with Gasteiger partial charge in [0.15, 0.2) is 0 Å². The van der Waals surface area contributed by atoms with E-state index in [2.05, 4.69) is 107 Å². The average molecular weight is 514 g/mol. The summed E-state index contributed by atoms with van der Waals surface area (Å²) in [6.07, 6.45) is 0. The molecule has 0 unspecified atom stereocenters. The quantitative estimate of drug-likeness (QED) is 0.265. The third-order valence-corrected chi connectivity index (χ3v) is 7.81. The molecule has 2 aromatic carbocycles. The van der Waals surface area contributed by atoms with Gasteiger partial charge in [0, 0.05) is 4.57 Å². The summed E-state index contributed by atoms with van der Waals surface area (Å²) in [6, 6.07) is 9.20. The van der Waals surface area contributed by atoms with Gasteiger partial charge >= 0.3 is 8.25 Å². The van der Waals surface area contributed by atoms with Crippen LogP contribution in [0, 0.1) is 0 Å². The van der Waals surface area contributed by atoms with Gasteiger partial charge in [0.25, 0.3) is 0 Å². The van der Waals surface area contributed by atoms with Crippen LogP contribution in [0.2, 0.25) is 0 Å². The lowest BCUT2D eigenvalue weighted by Crippen LogP contribution is -2.08. The minimum atomic E-state index is -2.24. The smallest absolute Gasteiger partial charge is 0.114 e. The molecule has 2 rings (SSSR count). The van der Waals surface area contributed by atoms with Crippen molar-refractivity contribution in [2.75, 3.05) is 0 Å². The van der Waals surface area contributed by atoms with Crippen molar-refractivity contribution in [1.82, 2.24) is 0 Å². The van der Waals surface area contributed by atoms with E-state index >= 15 is 0 Å². The van der Waals surface area contributed by atoms with Gasteiger partial charge < -0.3 is 0 Å². The second kappa shape index (κ2) is 13.3. The lowest BCUT2D eigenvalue weighted by Gasteiger charge is -2.22. The summed E-state index contributed by atoms with van der Waals surface area (Å²) in [5.74, 6) is 2.37. The Morgan fingerprint density at radius 2 is 0.750 bits per heavy atom. The lowest BCUT2D eigenvalue weighted by atomic mass is 9.85. The van der Waals surface area contributed by atoms with Crippen LogP contribution in [0.3, 0.4) is 0 Å². The first-order valence-corrected chi connectivity index (χ1v) is 14.9. The number of rotatable bonds is 12. The highest BCUT2D eigenvalue weighted by Crippen LogP contribution is 2.38. The molecule has 0 N–H and O–H groups in total. The Labute approximate surface area is 222 Å². The van der Waals surface area contributed by atoms with Crippen LogP contribution in [0.25, 0.3) is 0 Å². The summed E-state index contributed by atoms with van der Waals surface area (Å²) in [6.45, 7) is 27.2. The van der Waals surface area contributed by atoms with E-state index in [0.29, 0.717) is 48.7 Å². The molecular formula is C32H50O3P+. The molecule has 0 saturated carbocycles. The van der Waals surface area contributed by atoms with E-state index in [1.807, 2.05) is 0 Å². The topological polar surface area (TPSA) is 35.5 Å². The van der Waals surface area contributed by atoms with Crippen molar-refractivity contribution in [3.63, 3.8) is 0 Å². The maximum absolute atomic E-state index is 13.0. The minimum absolute atomic E-state index is 0.301. The first-order valence-electron chi connectivity index (χ1n) is 13.8. The Kier molecular flexibility index (Phi) is 11.3. The minimum Gasteiger partial charge on any atom is -0.114 e. The van der Waals surface area contributed by atoms with Crippen molar-refractivity contribution in [1.29, 1.82) is 0 Å². The van der Waals surface area contributed by atoms with E-state index in [1.165, 1.54) is 33.4 Å². The standard InChI is InChI=1S/C32H50O3P/c1-19(2)25-13-27(21(5)6)31(28(14-25)22(7)8)17-34-36(33)35-18-32-29(23(9)10)15-26(20(3)4)16-30(32)24(11)12/h13-16,19-24H,17-18H2,1-12H3/q+1. The molecule has 0 heterocycles. The third-order valence-electron chi connectivity index (χ3n) is 7.13. The van der Waals surface area contributed by atoms with E-state index in [-0.39, 0.29) is 0 Å². The Morgan fingerprint density at radius 3 is 0.944 bits per heavy atom. The molecule has 0 aromatic heterocycles. The molecule has 0 fully saturated rings. The van der Waals surface area contributed by atoms with Gasteiger partial charge in [0.2, 0.25) is 0 Å². The summed E-state index contributed by atoms with van der Waals surface area (Å²) in [4.78, 5) is 0. The fourth-order valence-electron chi connectivity index (χ4n) is 4.82. The Hall–Kier alpha value is -1.54. The number of hydrogen-bond acceptors (Lipinski definition) is 3. The monoisotopic (exact) mass is 513 g/mol. The maximum Gasteiger partial charge on any atom is 0.698 e. The van der Waals surface area contributed by atoms with Crippen molar-refractivity contribution >= 4 is 8.25 Å². The number of benzene rings is 2. The lowest BCUT2D eigenvalue weighted by molar-refractivity contribution is 0.210. The molecule has 0 spiro atoms. The van der Waals surface area contributed by atoms with Crippen LogP contribution < -0.4 is 0 Å². The van der Waals surface area contributed by atoms with Crippen LogP contribution in [0.4, 0.5) is 0 Å². The largest absolute Gasteiger partial charge is 0.698 e. The fourth-order valence-corrected chi connectivity index (χ4v) is 5.36. The van der Waals surface area contributed by atoms with Gasteiger partial charge in [-0.25, -0.2) is 0 Å². The highest BCUT2D eigenvalue weighted by Gasteiger charge is 2.27. The Morgan fingerprint density at radius 1 is 0.500 bits per heavy atom. The molecular weight excluding hydrogens is 463 g/mol. The molecule has 0 aliphatic carbocycles. The molecule has 4 heteroatoms. The summed E-state index contributed by atoms with van der Waals surface area (Å²) in [5.41, 5.74) is 10.1. The van der Waals surface area contributed by atoms with Crippen molar-refractivity contribution in [3.8, 4) is 0 Å². The summed E-state index contributed by atoms with van der Waals surface area (Å²) < 4.78 is 24.7. The van der Waals surface area contributed by atoms with Crippen molar-refractivity contribution in [2.45, 2.75) is 132 Å². The molecule has 3 nitrogen and oxygen atoms in total. The van der Waals surface area contributed by atoms with Crippen LogP contribution in [-0.2, 0) is 26.8 Å². The summed E-state index contributed by atoms with van der Waals surface area (Å²) >= 11 is 0. The molecule has 0 bridgehead atoms. The zero-order chi connectivity index (χ0) is 27.3. The average Bonchev–Trinajstić information content (AvgIpc) is 2.79. The molecule has 2 aromatic rings. The van der Waals surface area contributed by atoms with Crippen LogP contribution >= 0.6 is 8.25 Å². The first kappa shape index (κ1) is 30.7. The SMILES string of the molecule is CC(C)c1cc(C(C)C)c(CO[P+](=O)OCc2c(C(C)C)cc(C(C)C)cc2C(C)C)c(C(C)C)c1. The zero-order valence-corrected chi connectivity index (χ0v) is 25.8.